The number of pyridine rings is 3. The fourth-order valence-corrected chi connectivity index (χ4v) is 7.55. The van der Waals surface area contributed by atoms with Crippen molar-refractivity contribution in [1.82, 2.24) is 15.0 Å². The zero-order valence-corrected chi connectivity index (χ0v) is 28.6. The molecule has 0 bridgehead atoms. The Hall–Kier alpha value is -6.26. The fourth-order valence-electron chi connectivity index (χ4n) is 7.55. The summed E-state index contributed by atoms with van der Waals surface area (Å²) in [6, 6.07) is 40.9. The van der Waals surface area contributed by atoms with Crippen LogP contribution >= 0.6 is 0 Å². The van der Waals surface area contributed by atoms with Crippen molar-refractivity contribution < 1.29 is 0 Å². The molecule has 0 amide bonds. The summed E-state index contributed by atoms with van der Waals surface area (Å²) in [7, 11) is 0. The lowest BCUT2D eigenvalue weighted by Crippen LogP contribution is -2.09. The number of benzene rings is 4. The van der Waals surface area contributed by atoms with Gasteiger partial charge in [-0.25, -0.2) is 15.0 Å². The van der Waals surface area contributed by atoms with Crippen LogP contribution in [0.5, 0.6) is 0 Å². The van der Waals surface area contributed by atoms with Gasteiger partial charge in [-0.05, 0) is 89.4 Å². The molecule has 0 unspecified atom stereocenters. The van der Waals surface area contributed by atoms with E-state index in [-0.39, 0.29) is 0 Å². The zero-order valence-electron chi connectivity index (χ0n) is 28.6. The quantitative estimate of drug-likeness (QED) is 0.167. The average Bonchev–Trinajstić information content (AvgIpc) is 3.20. The van der Waals surface area contributed by atoms with E-state index in [9.17, 15) is 0 Å². The standard InChI is InChI=1S/C47H36N4/c1-3-5-11-30(4-2)40-26-20-32-16-18-34-22-28-42(50-46(34)44(32)48-40)38-24-25-39(37-15-10-9-14-36(37)38)43-29-23-35-19-17-33-21-27-41(31-12-7-6-8-13-31)49-45(33)47(35)51-43/h3-15,17,19-20,22-26,28-29H,2,16,18,21,27H2,1H3/b5-3-,30-11+. The topological polar surface area (TPSA) is 51.0 Å². The van der Waals surface area contributed by atoms with E-state index in [2.05, 4.69) is 128 Å². The van der Waals surface area contributed by atoms with E-state index in [1.54, 1.807) is 0 Å². The van der Waals surface area contributed by atoms with Crippen LogP contribution in [-0.2, 0) is 19.3 Å². The molecule has 2 aliphatic rings. The van der Waals surface area contributed by atoms with Gasteiger partial charge in [-0.2, -0.15) is 0 Å². The number of aliphatic imine (C=N–C) groups is 1. The Balaban J connectivity index is 1.15. The Kier molecular flexibility index (Phi) is 7.78. The molecule has 0 saturated heterocycles. The highest BCUT2D eigenvalue weighted by Crippen LogP contribution is 2.40. The summed E-state index contributed by atoms with van der Waals surface area (Å²) in [5, 5.41) is 3.39. The number of rotatable bonds is 6. The third-order valence-corrected chi connectivity index (χ3v) is 10.2. The van der Waals surface area contributed by atoms with Crippen molar-refractivity contribution in [3.05, 3.63) is 174 Å². The summed E-state index contributed by atoms with van der Waals surface area (Å²) in [6.07, 6.45) is 11.7. The van der Waals surface area contributed by atoms with Gasteiger partial charge in [0.25, 0.3) is 0 Å². The van der Waals surface area contributed by atoms with Crippen LogP contribution in [0.15, 0.2) is 151 Å². The van der Waals surface area contributed by atoms with E-state index in [4.69, 9.17) is 19.9 Å². The molecule has 7 aromatic rings. The van der Waals surface area contributed by atoms with Gasteiger partial charge in [0.2, 0.25) is 0 Å². The van der Waals surface area contributed by atoms with Crippen LogP contribution in [0, 0.1) is 0 Å². The molecule has 9 rings (SSSR count). The summed E-state index contributed by atoms with van der Waals surface area (Å²) in [4.78, 5) is 21.0. The summed E-state index contributed by atoms with van der Waals surface area (Å²) < 4.78 is 0. The Bertz CT molecular complexity index is 2610. The van der Waals surface area contributed by atoms with Gasteiger partial charge in [-0.15, -0.1) is 0 Å². The highest BCUT2D eigenvalue weighted by molar-refractivity contribution is 6.08. The number of hydrogen-bond donors (Lipinski definition) is 0. The van der Waals surface area contributed by atoms with Gasteiger partial charge in [0.05, 0.1) is 39.7 Å². The fraction of sp³-hybridized carbons (Fsp3) is 0.106. The second-order valence-electron chi connectivity index (χ2n) is 13.2. The third kappa shape index (κ3) is 5.50. The van der Waals surface area contributed by atoms with Crippen molar-refractivity contribution in [3.63, 3.8) is 0 Å². The van der Waals surface area contributed by atoms with Crippen molar-refractivity contribution >= 4 is 38.6 Å². The second-order valence-corrected chi connectivity index (χ2v) is 13.2. The molecule has 244 valence electrons. The third-order valence-electron chi connectivity index (χ3n) is 10.2. The molecule has 1 aliphatic carbocycles. The summed E-state index contributed by atoms with van der Waals surface area (Å²) in [6.45, 7) is 6.05. The molecule has 4 heterocycles. The summed E-state index contributed by atoms with van der Waals surface area (Å²) in [5.41, 5.74) is 15.9. The molecule has 1 aliphatic heterocycles. The van der Waals surface area contributed by atoms with Crippen LogP contribution < -0.4 is 0 Å². The molecule has 0 atom stereocenters. The van der Waals surface area contributed by atoms with E-state index < -0.39 is 0 Å². The SMILES string of the molecule is C=C/C(=C\C=C/C)c1ccc2c(n1)-c1nc(-c3ccc(-c4ccc5ccc6c(c5n4)N=C(c4ccccc4)CC6)c4ccccc34)ccc1CC2. The second kappa shape index (κ2) is 12.9. The Morgan fingerprint density at radius 3 is 1.98 bits per heavy atom. The smallest absolute Gasteiger partial charge is 0.0968 e. The molecule has 51 heavy (non-hydrogen) atoms. The van der Waals surface area contributed by atoms with Gasteiger partial charge in [0.1, 0.15) is 0 Å². The van der Waals surface area contributed by atoms with E-state index in [1.165, 1.54) is 22.3 Å². The van der Waals surface area contributed by atoms with Gasteiger partial charge in [-0.3, -0.25) is 4.99 Å². The lowest BCUT2D eigenvalue weighted by molar-refractivity contribution is 0.911. The highest BCUT2D eigenvalue weighted by Gasteiger charge is 2.22. The molecule has 4 nitrogen and oxygen atoms in total. The first-order valence-corrected chi connectivity index (χ1v) is 17.7. The number of nitrogens with zero attached hydrogens (tertiary/aromatic N) is 4. The maximum atomic E-state index is 5.33. The molecule has 0 fully saturated rings. The predicted molar refractivity (Wildman–Crippen MR) is 213 cm³/mol. The van der Waals surface area contributed by atoms with Gasteiger partial charge >= 0.3 is 0 Å². The Morgan fingerprint density at radius 1 is 0.608 bits per heavy atom. The number of allylic oxidation sites excluding steroid dienone is 5. The van der Waals surface area contributed by atoms with E-state index >= 15 is 0 Å². The van der Waals surface area contributed by atoms with Gasteiger partial charge in [0, 0.05) is 22.2 Å². The van der Waals surface area contributed by atoms with Gasteiger partial charge in [-0.1, -0.05) is 128 Å². The van der Waals surface area contributed by atoms with Crippen molar-refractivity contribution in [2.75, 3.05) is 0 Å². The minimum absolute atomic E-state index is 0.905. The first-order chi connectivity index (χ1) is 25.2. The first kappa shape index (κ1) is 30.8. The lowest BCUT2D eigenvalue weighted by Gasteiger charge is -2.20. The van der Waals surface area contributed by atoms with Crippen LogP contribution in [-0.4, -0.2) is 20.7 Å². The average molecular weight is 657 g/mol. The van der Waals surface area contributed by atoms with E-state index in [0.29, 0.717) is 0 Å². The van der Waals surface area contributed by atoms with Crippen LogP contribution in [0.1, 0.15) is 41.3 Å². The van der Waals surface area contributed by atoms with Crippen LogP contribution in [0.2, 0.25) is 0 Å². The molecule has 4 heteroatoms. The molecule has 0 N–H and O–H groups in total. The van der Waals surface area contributed by atoms with Crippen molar-refractivity contribution in [1.29, 1.82) is 0 Å². The van der Waals surface area contributed by atoms with Gasteiger partial charge in [0.15, 0.2) is 0 Å². The van der Waals surface area contributed by atoms with Crippen LogP contribution in [0.25, 0.3) is 61.2 Å². The number of aryl methyl sites for hydroxylation is 3. The van der Waals surface area contributed by atoms with Crippen molar-refractivity contribution in [2.45, 2.75) is 32.6 Å². The predicted octanol–water partition coefficient (Wildman–Crippen LogP) is 11.5. The maximum Gasteiger partial charge on any atom is 0.0968 e. The Labute approximate surface area is 298 Å². The number of aromatic nitrogens is 3. The van der Waals surface area contributed by atoms with E-state index in [1.807, 2.05) is 25.2 Å². The molecular formula is C47H36N4. The summed E-state index contributed by atoms with van der Waals surface area (Å²) >= 11 is 0. The van der Waals surface area contributed by atoms with Crippen molar-refractivity contribution in [2.24, 2.45) is 4.99 Å². The van der Waals surface area contributed by atoms with E-state index in [0.717, 1.165) is 104 Å². The largest absolute Gasteiger partial charge is 0.250 e. The van der Waals surface area contributed by atoms with Crippen molar-refractivity contribution in [3.8, 4) is 33.9 Å². The number of hydrogen-bond acceptors (Lipinski definition) is 4. The lowest BCUT2D eigenvalue weighted by atomic mass is 9.90. The van der Waals surface area contributed by atoms with Crippen LogP contribution in [0.3, 0.4) is 0 Å². The molecule has 0 spiro atoms. The highest BCUT2D eigenvalue weighted by atomic mass is 14.8. The molecular weight excluding hydrogens is 621 g/mol. The maximum absolute atomic E-state index is 5.33. The normalized spacial score (nSPS) is 13.9. The first-order valence-electron chi connectivity index (χ1n) is 17.7. The summed E-state index contributed by atoms with van der Waals surface area (Å²) in [5.74, 6) is 0. The molecule has 0 radical (unpaired) electrons. The van der Waals surface area contributed by atoms with Gasteiger partial charge < -0.3 is 0 Å². The van der Waals surface area contributed by atoms with Crippen LogP contribution in [0.4, 0.5) is 5.69 Å². The molecule has 0 saturated carbocycles. The Morgan fingerprint density at radius 2 is 1.24 bits per heavy atom. The number of fused-ring (bicyclic) bond motifs is 7. The zero-order chi connectivity index (χ0) is 34.3. The molecule has 3 aromatic heterocycles. The minimum Gasteiger partial charge on any atom is -0.250 e. The minimum atomic E-state index is 0.905. The molecule has 4 aromatic carbocycles. The monoisotopic (exact) mass is 656 g/mol.